The lowest BCUT2D eigenvalue weighted by Gasteiger charge is -2.25. The van der Waals surface area contributed by atoms with Gasteiger partial charge in [-0.3, -0.25) is 16.0 Å². The number of hydrogen-bond donors (Lipinski definition) is 2. The molecule has 1 aromatic carbocycles. The highest BCUT2D eigenvalue weighted by atomic mass is 32.2. The minimum absolute atomic E-state index is 0.00968. The number of nitro groups is 1. The Morgan fingerprint density at radius 3 is 2.88 bits per heavy atom. The minimum Gasteiger partial charge on any atom is -0.379 e. The van der Waals surface area contributed by atoms with Gasteiger partial charge in [-0.2, -0.15) is 0 Å². The van der Waals surface area contributed by atoms with Gasteiger partial charge in [-0.1, -0.05) is 6.07 Å². The Morgan fingerprint density at radius 1 is 1.59 bits per heavy atom. The number of nitrogens with one attached hydrogen (secondary N) is 1. The van der Waals surface area contributed by atoms with Crippen molar-refractivity contribution in [3.8, 4) is 0 Å². The average molecular weight is 255 g/mol. The van der Waals surface area contributed by atoms with Crippen LogP contribution in [0.5, 0.6) is 0 Å². The van der Waals surface area contributed by atoms with Crippen molar-refractivity contribution >= 4 is 23.1 Å². The molecule has 1 aromatic rings. The molecule has 1 fully saturated rings. The molecule has 7 heteroatoms. The molecule has 92 valence electrons. The van der Waals surface area contributed by atoms with E-state index < -0.39 is 4.92 Å². The van der Waals surface area contributed by atoms with E-state index in [0.717, 1.165) is 24.5 Å². The van der Waals surface area contributed by atoms with Gasteiger partial charge in [0.05, 0.1) is 23.4 Å². The van der Waals surface area contributed by atoms with E-state index in [4.69, 9.17) is 10.6 Å². The lowest BCUT2D eigenvalue weighted by atomic mass is 10.2. The van der Waals surface area contributed by atoms with Crippen molar-refractivity contribution in [3.63, 3.8) is 0 Å². The first-order chi connectivity index (χ1) is 8.20. The summed E-state index contributed by atoms with van der Waals surface area (Å²) in [5.41, 5.74) is 3.59. The number of hydrazine groups is 1. The summed E-state index contributed by atoms with van der Waals surface area (Å²) in [5, 5.41) is 11.3. The van der Waals surface area contributed by atoms with Crippen LogP contribution in [0.1, 0.15) is 5.56 Å². The molecule has 6 nitrogen and oxygen atoms in total. The molecule has 17 heavy (non-hydrogen) atoms. The molecule has 1 heterocycles. The van der Waals surface area contributed by atoms with Crippen molar-refractivity contribution < 1.29 is 9.66 Å². The van der Waals surface area contributed by atoms with Crippen LogP contribution < -0.4 is 11.3 Å². The molecular formula is C10H13N3O3S. The largest absolute Gasteiger partial charge is 0.379 e. The third-order valence-corrected chi connectivity index (χ3v) is 3.75. The number of benzene rings is 1. The van der Waals surface area contributed by atoms with Crippen LogP contribution in [0, 0.1) is 10.1 Å². The normalized spacial score (nSPS) is 15.4. The van der Waals surface area contributed by atoms with E-state index in [2.05, 4.69) is 5.43 Å². The van der Waals surface area contributed by atoms with E-state index in [1.165, 1.54) is 0 Å². The number of hydrogen-bond acceptors (Lipinski definition) is 6. The van der Waals surface area contributed by atoms with E-state index >= 15 is 0 Å². The molecular weight excluding hydrogens is 242 g/mol. The van der Waals surface area contributed by atoms with E-state index in [1.807, 2.05) is 6.07 Å². The van der Waals surface area contributed by atoms with Gasteiger partial charge in [0, 0.05) is 11.8 Å². The number of ether oxygens (including phenoxy) is 1. The first-order valence-corrected chi connectivity index (χ1v) is 6.19. The van der Waals surface area contributed by atoms with E-state index in [0.29, 0.717) is 10.9 Å². The number of nitrogen functional groups attached to an aromatic ring is 1. The Bertz CT molecular complexity index is 423. The van der Waals surface area contributed by atoms with Gasteiger partial charge >= 0.3 is 0 Å². The highest BCUT2D eigenvalue weighted by molar-refractivity contribution is 7.99. The summed E-state index contributed by atoms with van der Waals surface area (Å²) in [5.74, 6) is 5.96. The molecule has 0 unspecified atom stereocenters. The second-order valence-corrected chi connectivity index (χ2v) is 5.01. The van der Waals surface area contributed by atoms with Crippen LogP contribution in [-0.4, -0.2) is 23.4 Å². The molecule has 0 atom stereocenters. The average Bonchev–Trinajstić information content (AvgIpc) is 2.26. The van der Waals surface area contributed by atoms with Crippen LogP contribution in [0.15, 0.2) is 18.2 Å². The second-order valence-electron chi connectivity index (χ2n) is 3.72. The summed E-state index contributed by atoms with van der Waals surface area (Å²) in [7, 11) is 0. The predicted molar refractivity (Wildman–Crippen MR) is 66.8 cm³/mol. The number of nitro benzene ring substituents is 1. The predicted octanol–water partition coefficient (Wildman–Crippen LogP) is 1.51. The van der Waals surface area contributed by atoms with Crippen molar-refractivity contribution in [2.45, 2.75) is 11.0 Å². The molecule has 0 saturated carbocycles. The highest BCUT2D eigenvalue weighted by Gasteiger charge is 2.19. The fourth-order valence-corrected chi connectivity index (χ4v) is 2.46. The summed E-state index contributed by atoms with van der Waals surface area (Å²) in [6.45, 7) is 1.55. The van der Waals surface area contributed by atoms with E-state index in [1.54, 1.807) is 23.9 Å². The number of rotatable bonds is 5. The molecule has 2 rings (SSSR count). The zero-order valence-corrected chi connectivity index (χ0v) is 9.90. The van der Waals surface area contributed by atoms with E-state index in [9.17, 15) is 10.1 Å². The molecule has 1 aliphatic heterocycles. The molecule has 0 spiro atoms. The van der Waals surface area contributed by atoms with Gasteiger partial charge < -0.3 is 10.2 Å². The Hall–Kier alpha value is -1.31. The van der Waals surface area contributed by atoms with Gasteiger partial charge in [0.15, 0.2) is 0 Å². The highest BCUT2D eigenvalue weighted by Crippen LogP contribution is 2.28. The maximum Gasteiger partial charge on any atom is 0.293 e. The lowest BCUT2D eigenvalue weighted by Crippen LogP contribution is -2.30. The van der Waals surface area contributed by atoms with Crippen LogP contribution in [0.2, 0.25) is 0 Å². The first kappa shape index (κ1) is 12.2. The van der Waals surface area contributed by atoms with Crippen LogP contribution >= 0.6 is 11.8 Å². The molecule has 0 amide bonds. The van der Waals surface area contributed by atoms with Gasteiger partial charge in [-0.15, -0.1) is 11.8 Å². The van der Waals surface area contributed by atoms with Crippen molar-refractivity contribution in [1.82, 2.24) is 0 Å². The third-order valence-electron chi connectivity index (χ3n) is 2.51. The SMILES string of the molecule is NNc1ccc(CSC2COC2)cc1[N+](=O)[O-]. The molecule has 0 aromatic heterocycles. The summed E-state index contributed by atoms with van der Waals surface area (Å²) in [6.07, 6.45) is 0. The Balaban J connectivity index is 2.06. The zero-order chi connectivity index (χ0) is 12.3. The monoisotopic (exact) mass is 255 g/mol. The Kier molecular flexibility index (Phi) is 3.82. The number of nitrogens with two attached hydrogens (primary N) is 1. The van der Waals surface area contributed by atoms with Crippen LogP contribution in [-0.2, 0) is 10.5 Å². The van der Waals surface area contributed by atoms with Crippen LogP contribution in [0.25, 0.3) is 0 Å². The van der Waals surface area contributed by atoms with E-state index in [-0.39, 0.29) is 5.69 Å². The van der Waals surface area contributed by atoms with Crippen molar-refractivity contribution in [2.75, 3.05) is 18.6 Å². The van der Waals surface area contributed by atoms with Crippen LogP contribution in [0.3, 0.4) is 0 Å². The van der Waals surface area contributed by atoms with Crippen LogP contribution in [0.4, 0.5) is 11.4 Å². The Labute approximate surface area is 103 Å². The summed E-state index contributed by atoms with van der Waals surface area (Å²) in [4.78, 5) is 10.4. The summed E-state index contributed by atoms with van der Waals surface area (Å²) in [6, 6.07) is 5.03. The second kappa shape index (κ2) is 5.35. The maximum atomic E-state index is 10.8. The van der Waals surface area contributed by atoms with Crippen molar-refractivity contribution in [1.29, 1.82) is 0 Å². The van der Waals surface area contributed by atoms with Crippen molar-refractivity contribution in [2.24, 2.45) is 5.84 Å². The molecule has 0 aliphatic carbocycles. The Morgan fingerprint density at radius 2 is 2.35 bits per heavy atom. The zero-order valence-electron chi connectivity index (χ0n) is 9.09. The topological polar surface area (TPSA) is 90.4 Å². The maximum absolute atomic E-state index is 10.8. The smallest absolute Gasteiger partial charge is 0.293 e. The van der Waals surface area contributed by atoms with Gasteiger partial charge in [0.2, 0.25) is 0 Å². The standard InChI is InChI=1S/C10H13N3O3S/c11-12-9-2-1-7(3-10(9)13(14)15)6-17-8-4-16-5-8/h1-3,8,12H,4-6,11H2. The summed E-state index contributed by atoms with van der Waals surface area (Å²) >= 11 is 1.75. The lowest BCUT2D eigenvalue weighted by molar-refractivity contribution is -0.384. The minimum atomic E-state index is -0.435. The number of nitrogens with zero attached hydrogens (tertiary/aromatic N) is 1. The fourth-order valence-electron chi connectivity index (χ4n) is 1.46. The van der Waals surface area contributed by atoms with Gasteiger partial charge in [-0.05, 0) is 11.6 Å². The quantitative estimate of drug-likeness (QED) is 0.471. The van der Waals surface area contributed by atoms with Gasteiger partial charge in [0.1, 0.15) is 5.69 Å². The molecule has 0 radical (unpaired) electrons. The fraction of sp³-hybridized carbons (Fsp3) is 0.400. The first-order valence-electron chi connectivity index (χ1n) is 5.14. The molecule has 1 aliphatic rings. The van der Waals surface area contributed by atoms with Gasteiger partial charge in [-0.25, -0.2) is 0 Å². The molecule has 1 saturated heterocycles. The van der Waals surface area contributed by atoms with Crippen molar-refractivity contribution in [3.05, 3.63) is 33.9 Å². The molecule has 0 bridgehead atoms. The number of anilines is 1. The van der Waals surface area contributed by atoms with Gasteiger partial charge in [0.25, 0.3) is 5.69 Å². The third kappa shape index (κ3) is 2.87. The number of thioether (sulfide) groups is 1. The molecule has 3 N–H and O–H groups in total. The summed E-state index contributed by atoms with van der Waals surface area (Å²) < 4.78 is 5.07.